The van der Waals surface area contributed by atoms with E-state index in [1.165, 1.54) is 12.1 Å². The van der Waals surface area contributed by atoms with E-state index >= 15 is 0 Å². The van der Waals surface area contributed by atoms with Gasteiger partial charge in [0.05, 0.1) is 28.1 Å². The minimum atomic E-state index is -0.430. The van der Waals surface area contributed by atoms with Gasteiger partial charge in [-0.1, -0.05) is 0 Å². The Hall–Kier alpha value is -2.19. The Morgan fingerprint density at radius 3 is 3.10 bits per heavy atom. The Labute approximate surface area is 120 Å². The molecule has 0 spiro atoms. The molecule has 1 aromatic carbocycles. The number of fused-ring (bicyclic) bond motifs is 1. The maximum absolute atomic E-state index is 10.8. The van der Waals surface area contributed by atoms with E-state index in [1.807, 2.05) is 6.92 Å². The predicted molar refractivity (Wildman–Crippen MR) is 78.2 cm³/mol. The first-order valence-electron chi connectivity index (χ1n) is 6.86. The number of benzene rings is 1. The molecular formula is C13H17N5O3. The number of ether oxygens (including phenoxy) is 1. The highest BCUT2D eigenvalue weighted by molar-refractivity contribution is 5.80. The number of nitro benzene ring substituents is 1. The summed E-state index contributed by atoms with van der Waals surface area (Å²) in [5.41, 5.74) is 7.30. The summed E-state index contributed by atoms with van der Waals surface area (Å²) in [5, 5.41) is 14.0. The topological polar surface area (TPSA) is 119 Å². The molecule has 0 amide bonds. The van der Waals surface area contributed by atoms with Crippen molar-refractivity contribution in [3.05, 3.63) is 28.3 Å². The van der Waals surface area contributed by atoms with Crippen molar-refractivity contribution >= 4 is 22.7 Å². The first kappa shape index (κ1) is 13.8. The van der Waals surface area contributed by atoms with Crippen LogP contribution in [0.15, 0.2) is 18.2 Å². The van der Waals surface area contributed by atoms with Gasteiger partial charge < -0.3 is 20.8 Å². The van der Waals surface area contributed by atoms with Gasteiger partial charge >= 0.3 is 0 Å². The molecule has 1 heterocycles. The van der Waals surface area contributed by atoms with Crippen LogP contribution in [0.5, 0.6) is 0 Å². The van der Waals surface area contributed by atoms with Crippen molar-refractivity contribution in [2.45, 2.75) is 31.5 Å². The van der Waals surface area contributed by atoms with Crippen molar-refractivity contribution in [2.75, 3.05) is 11.9 Å². The number of hydrogen-bond acceptors (Lipinski definition) is 6. The van der Waals surface area contributed by atoms with Crippen LogP contribution < -0.4 is 11.1 Å². The first-order valence-corrected chi connectivity index (χ1v) is 6.86. The molecule has 1 aromatic heterocycles. The number of rotatable bonds is 5. The van der Waals surface area contributed by atoms with Gasteiger partial charge in [0.2, 0.25) is 5.95 Å². The average molecular weight is 291 g/mol. The fourth-order valence-electron chi connectivity index (χ4n) is 2.56. The number of non-ortho nitro benzene ring substituents is 1. The number of nitrogens with one attached hydrogen (secondary N) is 2. The number of nitro groups is 1. The van der Waals surface area contributed by atoms with Crippen molar-refractivity contribution in [3.63, 3.8) is 0 Å². The maximum atomic E-state index is 10.8. The lowest BCUT2D eigenvalue weighted by atomic mass is 9.83. The summed E-state index contributed by atoms with van der Waals surface area (Å²) in [6.07, 6.45) is 0.893. The van der Waals surface area contributed by atoms with Crippen molar-refractivity contribution < 1.29 is 9.66 Å². The summed E-state index contributed by atoms with van der Waals surface area (Å²) in [4.78, 5) is 17.7. The van der Waals surface area contributed by atoms with E-state index < -0.39 is 4.92 Å². The lowest BCUT2D eigenvalue weighted by Crippen LogP contribution is -2.60. The lowest BCUT2D eigenvalue weighted by Gasteiger charge is -2.42. The van der Waals surface area contributed by atoms with Crippen molar-refractivity contribution in [3.8, 4) is 0 Å². The molecule has 1 aliphatic carbocycles. The summed E-state index contributed by atoms with van der Waals surface area (Å²) in [6, 6.07) is 4.54. The first-order chi connectivity index (χ1) is 10.1. The van der Waals surface area contributed by atoms with Gasteiger partial charge in [0.1, 0.15) is 0 Å². The van der Waals surface area contributed by atoms with E-state index in [-0.39, 0.29) is 23.9 Å². The Bertz CT molecular complexity index is 669. The Balaban J connectivity index is 1.79. The standard InChI is InChI=1S/C13H17N5O3/c1-2-21-11-6-8(14)12(11)17-13-15-9-4-3-7(18(19)20)5-10(9)16-13/h3-5,8,11-12H,2,6,14H2,1H3,(H2,15,16,17). The Morgan fingerprint density at radius 1 is 1.62 bits per heavy atom. The zero-order chi connectivity index (χ0) is 15.0. The molecule has 112 valence electrons. The lowest BCUT2D eigenvalue weighted by molar-refractivity contribution is -0.384. The number of nitrogens with zero attached hydrogens (tertiary/aromatic N) is 2. The summed E-state index contributed by atoms with van der Waals surface area (Å²) >= 11 is 0. The van der Waals surface area contributed by atoms with Crippen LogP contribution in [0, 0.1) is 10.1 Å². The molecule has 4 N–H and O–H groups in total. The summed E-state index contributed by atoms with van der Waals surface area (Å²) < 4.78 is 5.58. The van der Waals surface area contributed by atoms with Crippen molar-refractivity contribution in [1.29, 1.82) is 0 Å². The normalized spacial score (nSPS) is 24.8. The Kier molecular flexibility index (Phi) is 3.48. The second-order valence-electron chi connectivity index (χ2n) is 5.11. The van der Waals surface area contributed by atoms with Gasteiger partial charge in [-0.2, -0.15) is 0 Å². The van der Waals surface area contributed by atoms with Gasteiger partial charge in [-0.25, -0.2) is 4.98 Å². The van der Waals surface area contributed by atoms with E-state index in [9.17, 15) is 10.1 Å². The molecule has 0 saturated heterocycles. The fraction of sp³-hybridized carbons (Fsp3) is 0.462. The number of H-pyrrole nitrogens is 1. The average Bonchev–Trinajstić information content (AvgIpc) is 2.86. The molecule has 0 radical (unpaired) electrons. The highest BCUT2D eigenvalue weighted by Gasteiger charge is 2.39. The fourth-order valence-corrected chi connectivity index (χ4v) is 2.56. The third-order valence-corrected chi connectivity index (χ3v) is 3.73. The Morgan fingerprint density at radius 2 is 2.43 bits per heavy atom. The number of anilines is 1. The van der Waals surface area contributed by atoms with Crippen LogP contribution in [-0.4, -0.2) is 39.7 Å². The van der Waals surface area contributed by atoms with Gasteiger partial charge in [0.25, 0.3) is 5.69 Å². The van der Waals surface area contributed by atoms with Gasteiger partial charge in [0.15, 0.2) is 0 Å². The molecule has 3 atom stereocenters. The van der Waals surface area contributed by atoms with Gasteiger partial charge in [-0.3, -0.25) is 10.1 Å². The zero-order valence-electron chi connectivity index (χ0n) is 11.6. The molecule has 3 unspecified atom stereocenters. The van der Waals surface area contributed by atoms with Crippen LogP contribution in [0.2, 0.25) is 0 Å². The highest BCUT2D eigenvalue weighted by Crippen LogP contribution is 2.27. The van der Waals surface area contributed by atoms with E-state index in [4.69, 9.17) is 10.5 Å². The number of nitrogens with two attached hydrogens (primary N) is 1. The van der Waals surface area contributed by atoms with E-state index in [1.54, 1.807) is 6.07 Å². The van der Waals surface area contributed by atoms with E-state index in [2.05, 4.69) is 15.3 Å². The highest BCUT2D eigenvalue weighted by atomic mass is 16.6. The van der Waals surface area contributed by atoms with Gasteiger partial charge in [-0.15, -0.1) is 0 Å². The second kappa shape index (κ2) is 5.30. The third-order valence-electron chi connectivity index (χ3n) is 3.73. The van der Waals surface area contributed by atoms with E-state index in [0.717, 1.165) is 6.42 Å². The van der Waals surface area contributed by atoms with Crippen molar-refractivity contribution in [1.82, 2.24) is 9.97 Å². The molecule has 21 heavy (non-hydrogen) atoms. The van der Waals surface area contributed by atoms with Crippen LogP contribution in [0.25, 0.3) is 11.0 Å². The summed E-state index contributed by atoms with van der Waals surface area (Å²) in [7, 11) is 0. The largest absolute Gasteiger partial charge is 0.376 e. The number of hydrogen-bond donors (Lipinski definition) is 3. The van der Waals surface area contributed by atoms with E-state index in [0.29, 0.717) is 23.6 Å². The molecule has 1 saturated carbocycles. The van der Waals surface area contributed by atoms with Crippen molar-refractivity contribution in [2.24, 2.45) is 5.73 Å². The molecule has 0 bridgehead atoms. The van der Waals surface area contributed by atoms with Crippen LogP contribution in [0.3, 0.4) is 0 Å². The number of aromatic nitrogens is 2. The molecule has 1 aliphatic rings. The molecular weight excluding hydrogens is 274 g/mol. The minimum Gasteiger partial charge on any atom is -0.376 e. The second-order valence-corrected chi connectivity index (χ2v) is 5.11. The zero-order valence-corrected chi connectivity index (χ0v) is 11.6. The molecule has 8 nitrogen and oxygen atoms in total. The summed E-state index contributed by atoms with van der Waals surface area (Å²) in [6.45, 7) is 2.59. The smallest absolute Gasteiger partial charge is 0.271 e. The number of aromatic amines is 1. The van der Waals surface area contributed by atoms with Gasteiger partial charge in [-0.05, 0) is 19.4 Å². The van der Waals surface area contributed by atoms with Crippen LogP contribution >= 0.6 is 0 Å². The number of imidazole rings is 1. The molecule has 8 heteroatoms. The molecule has 1 fully saturated rings. The predicted octanol–water partition coefficient (Wildman–Crippen LogP) is 1.39. The maximum Gasteiger partial charge on any atom is 0.271 e. The SMILES string of the molecule is CCOC1CC(N)C1Nc1nc2ccc([N+](=O)[O-])cc2[nH]1. The quantitative estimate of drug-likeness (QED) is 0.565. The van der Waals surface area contributed by atoms with Gasteiger partial charge in [0, 0.05) is 24.8 Å². The molecule has 3 rings (SSSR count). The van der Waals surface area contributed by atoms with Crippen LogP contribution in [0.4, 0.5) is 11.6 Å². The van der Waals surface area contributed by atoms with Crippen LogP contribution in [0.1, 0.15) is 13.3 Å². The minimum absolute atomic E-state index is 0.000461. The monoisotopic (exact) mass is 291 g/mol. The molecule has 0 aliphatic heterocycles. The third kappa shape index (κ3) is 2.55. The molecule has 2 aromatic rings. The van der Waals surface area contributed by atoms with Crippen LogP contribution in [-0.2, 0) is 4.74 Å². The summed E-state index contributed by atoms with van der Waals surface area (Å²) in [5.74, 6) is 0.551.